The molecule has 1 fully saturated rings. The molecule has 0 bridgehead atoms. The zero-order valence-corrected chi connectivity index (χ0v) is 17.4. The van der Waals surface area contributed by atoms with Crippen LogP contribution in [0.2, 0.25) is 0 Å². The van der Waals surface area contributed by atoms with Crippen molar-refractivity contribution >= 4 is 15.9 Å². The van der Waals surface area contributed by atoms with Crippen molar-refractivity contribution in [1.29, 1.82) is 0 Å². The Labute approximate surface area is 179 Å². The predicted molar refractivity (Wildman–Crippen MR) is 110 cm³/mol. The lowest BCUT2D eigenvalue weighted by atomic mass is 9.98. The number of aromatic nitrogens is 2. The second kappa shape index (κ2) is 8.94. The highest BCUT2D eigenvalue weighted by atomic mass is 32.2. The molecule has 1 aromatic heterocycles. The first-order chi connectivity index (χ1) is 14.9. The van der Waals surface area contributed by atoms with Gasteiger partial charge in [0.05, 0.1) is 17.4 Å². The molecular weight excluding hydrogens is 423 g/mol. The standard InChI is InChI=1S/C21H21FN4O4S/c22-17-8-10-18(11-9-17)31(28,29)23-13-19(27)26-12-4-7-16(14-26)21-25-24-20(30-21)15-5-2-1-3-6-15/h1-3,5-6,8-11,16,23H,4,7,12-14H2/t16-/m0/s1. The molecule has 2 aromatic carbocycles. The summed E-state index contributed by atoms with van der Waals surface area (Å²) in [5, 5.41) is 8.25. The van der Waals surface area contributed by atoms with Crippen LogP contribution >= 0.6 is 0 Å². The van der Waals surface area contributed by atoms with Gasteiger partial charge in [0.2, 0.25) is 27.7 Å². The van der Waals surface area contributed by atoms with Gasteiger partial charge in [-0.25, -0.2) is 17.5 Å². The summed E-state index contributed by atoms with van der Waals surface area (Å²) in [4.78, 5) is 14.1. The molecule has 1 N–H and O–H groups in total. The van der Waals surface area contributed by atoms with E-state index in [1.165, 1.54) is 0 Å². The minimum absolute atomic E-state index is 0.0995. The largest absolute Gasteiger partial charge is 0.420 e. The average molecular weight is 444 g/mol. The lowest BCUT2D eigenvalue weighted by molar-refractivity contribution is -0.131. The molecule has 31 heavy (non-hydrogen) atoms. The van der Waals surface area contributed by atoms with Gasteiger partial charge in [0.1, 0.15) is 5.82 Å². The van der Waals surface area contributed by atoms with E-state index < -0.39 is 15.8 Å². The summed E-state index contributed by atoms with van der Waals surface area (Å²) in [7, 11) is -3.91. The number of hydrogen-bond acceptors (Lipinski definition) is 6. The monoisotopic (exact) mass is 444 g/mol. The predicted octanol–water partition coefficient (Wildman–Crippen LogP) is 2.56. The van der Waals surface area contributed by atoms with Gasteiger partial charge in [-0.15, -0.1) is 10.2 Å². The van der Waals surface area contributed by atoms with Crippen molar-refractivity contribution in [2.45, 2.75) is 23.7 Å². The van der Waals surface area contributed by atoms with Crippen molar-refractivity contribution in [2.24, 2.45) is 0 Å². The van der Waals surface area contributed by atoms with Crippen LogP contribution < -0.4 is 4.72 Å². The topological polar surface area (TPSA) is 105 Å². The number of carbonyl (C=O) groups is 1. The maximum atomic E-state index is 13.0. The summed E-state index contributed by atoms with van der Waals surface area (Å²) in [5.74, 6) is -0.116. The number of benzene rings is 2. The van der Waals surface area contributed by atoms with Gasteiger partial charge in [0.25, 0.3) is 0 Å². The van der Waals surface area contributed by atoms with Crippen LogP contribution in [0.5, 0.6) is 0 Å². The second-order valence-electron chi connectivity index (χ2n) is 7.27. The van der Waals surface area contributed by atoms with Gasteiger partial charge in [-0.3, -0.25) is 4.79 Å². The van der Waals surface area contributed by atoms with Crippen molar-refractivity contribution in [1.82, 2.24) is 19.8 Å². The number of halogens is 1. The van der Waals surface area contributed by atoms with Gasteiger partial charge in [-0.05, 0) is 49.2 Å². The molecule has 0 saturated carbocycles. The van der Waals surface area contributed by atoms with Crippen molar-refractivity contribution in [2.75, 3.05) is 19.6 Å². The number of nitrogens with one attached hydrogen (secondary N) is 1. The van der Waals surface area contributed by atoms with E-state index in [2.05, 4.69) is 14.9 Å². The third-order valence-corrected chi connectivity index (χ3v) is 6.54. The summed E-state index contributed by atoms with van der Waals surface area (Å²) in [6.07, 6.45) is 1.53. The van der Waals surface area contributed by atoms with Crippen LogP contribution in [-0.2, 0) is 14.8 Å². The molecule has 0 aliphatic carbocycles. The maximum Gasteiger partial charge on any atom is 0.247 e. The van der Waals surface area contributed by atoms with Crippen LogP contribution in [0.1, 0.15) is 24.7 Å². The summed E-state index contributed by atoms with van der Waals surface area (Å²) in [6, 6.07) is 13.8. The fourth-order valence-corrected chi connectivity index (χ4v) is 4.44. The molecular formula is C21H21FN4O4S. The van der Waals surface area contributed by atoms with E-state index in [0.29, 0.717) is 24.9 Å². The van der Waals surface area contributed by atoms with E-state index in [9.17, 15) is 17.6 Å². The highest BCUT2D eigenvalue weighted by Crippen LogP contribution is 2.28. The van der Waals surface area contributed by atoms with Crippen molar-refractivity contribution < 1.29 is 22.0 Å². The molecule has 1 aliphatic rings. The quantitative estimate of drug-likeness (QED) is 0.627. The molecule has 1 atom stereocenters. The van der Waals surface area contributed by atoms with E-state index in [1.807, 2.05) is 30.3 Å². The first-order valence-electron chi connectivity index (χ1n) is 9.84. The van der Waals surface area contributed by atoms with Gasteiger partial charge < -0.3 is 9.32 Å². The zero-order valence-electron chi connectivity index (χ0n) is 16.6. The number of nitrogens with zero attached hydrogens (tertiary/aromatic N) is 3. The molecule has 0 radical (unpaired) electrons. The first-order valence-corrected chi connectivity index (χ1v) is 11.3. The van der Waals surface area contributed by atoms with Gasteiger partial charge in [-0.2, -0.15) is 0 Å². The molecule has 0 unspecified atom stereocenters. The highest BCUT2D eigenvalue weighted by molar-refractivity contribution is 7.89. The van der Waals surface area contributed by atoms with Gasteiger partial charge in [0, 0.05) is 18.7 Å². The van der Waals surface area contributed by atoms with E-state index in [-0.39, 0.29) is 23.3 Å². The van der Waals surface area contributed by atoms with Crippen LogP contribution in [0, 0.1) is 5.82 Å². The maximum absolute atomic E-state index is 13.0. The molecule has 10 heteroatoms. The summed E-state index contributed by atoms with van der Waals surface area (Å²) in [6.45, 7) is 0.506. The molecule has 2 heterocycles. The third-order valence-electron chi connectivity index (χ3n) is 5.12. The minimum Gasteiger partial charge on any atom is -0.420 e. The van der Waals surface area contributed by atoms with Crippen LogP contribution in [0.25, 0.3) is 11.5 Å². The zero-order chi connectivity index (χ0) is 21.8. The highest BCUT2D eigenvalue weighted by Gasteiger charge is 2.29. The van der Waals surface area contributed by atoms with Crippen molar-refractivity contribution in [3.8, 4) is 11.5 Å². The minimum atomic E-state index is -3.91. The first kappa shape index (κ1) is 21.1. The Balaban J connectivity index is 1.38. The number of rotatable bonds is 6. The molecule has 1 amide bonds. The van der Waals surface area contributed by atoms with Crippen LogP contribution in [-0.4, -0.2) is 49.1 Å². The Morgan fingerprint density at radius 3 is 2.61 bits per heavy atom. The Hall–Kier alpha value is -3.11. The lowest BCUT2D eigenvalue weighted by Crippen LogP contribution is -2.44. The second-order valence-corrected chi connectivity index (χ2v) is 9.04. The summed E-state index contributed by atoms with van der Waals surface area (Å²) < 4.78 is 45.7. The molecule has 4 rings (SSSR count). The number of hydrogen-bond donors (Lipinski definition) is 1. The Kier molecular flexibility index (Phi) is 6.10. The van der Waals surface area contributed by atoms with Crippen LogP contribution in [0.15, 0.2) is 63.9 Å². The average Bonchev–Trinajstić information content (AvgIpc) is 3.29. The smallest absolute Gasteiger partial charge is 0.247 e. The Bertz CT molecular complexity index is 1150. The number of amides is 1. The van der Waals surface area contributed by atoms with E-state index in [1.54, 1.807) is 4.90 Å². The number of carbonyl (C=O) groups excluding carboxylic acids is 1. The molecule has 0 spiro atoms. The molecule has 162 valence electrons. The lowest BCUT2D eigenvalue weighted by Gasteiger charge is -2.31. The van der Waals surface area contributed by atoms with Crippen LogP contribution in [0.3, 0.4) is 0 Å². The SMILES string of the molecule is O=C(CNS(=O)(=O)c1ccc(F)cc1)N1CCC[C@H](c2nnc(-c3ccccc3)o2)C1. The van der Waals surface area contributed by atoms with Crippen molar-refractivity contribution in [3.63, 3.8) is 0 Å². The number of likely N-dealkylation sites (tertiary alicyclic amines) is 1. The fraction of sp³-hybridized carbons (Fsp3) is 0.286. The van der Waals surface area contributed by atoms with Gasteiger partial charge >= 0.3 is 0 Å². The fourth-order valence-electron chi connectivity index (χ4n) is 3.47. The Morgan fingerprint density at radius 2 is 1.87 bits per heavy atom. The molecule has 8 nitrogen and oxygen atoms in total. The number of sulfonamides is 1. The third kappa shape index (κ3) is 4.97. The molecule has 1 aliphatic heterocycles. The van der Waals surface area contributed by atoms with Crippen LogP contribution in [0.4, 0.5) is 4.39 Å². The number of piperidine rings is 1. The molecule has 3 aromatic rings. The van der Waals surface area contributed by atoms with Gasteiger partial charge in [0.15, 0.2) is 0 Å². The Morgan fingerprint density at radius 1 is 1.13 bits per heavy atom. The summed E-state index contributed by atoms with van der Waals surface area (Å²) >= 11 is 0. The van der Waals surface area contributed by atoms with Gasteiger partial charge in [-0.1, -0.05) is 18.2 Å². The van der Waals surface area contributed by atoms with Crippen molar-refractivity contribution in [3.05, 3.63) is 66.3 Å². The molecule has 1 saturated heterocycles. The normalized spacial score (nSPS) is 16.9. The van der Waals surface area contributed by atoms with E-state index in [4.69, 9.17) is 4.42 Å². The summed E-state index contributed by atoms with van der Waals surface area (Å²) in [5.41, 5.74) is 0.820. The van der Waals surface area contributed by atoms with E-state index >= 15 is 0 Å². The van der Waals surface area contributed by atoms with E-state index in [0.717, 1.165) is 42.7 Å².